The van der Waals surface area contributed by atoms with Gasteiger partial charge in [-0.1, -0.05) is 0 Å². The van der Waals surface area contributed by atoms with E-state index in [0.29, 0.717) is 0 Å². The molecule has 0 fully saturated rings. The minimum Gasteiger partial charge on any atom is -0.366 e. The number of rotatable bonds is 3. The van der Waals surface area contributed by atoms with Gasteiger partial charge >= 0.3 is 0 Å². The van der Waals surface area contributed by atoms with E-state index in [-0.39, 0.29) is 27.9 Å². The highest BCUT2D eigenvalue weighted by Gasteiger charge is 2.13. The monoisotopic (exact) mass is 289 g/mol. The molecule has 108 valence electrons. The number of aromatic amines is 1. The summed E-state index contributed by atoms with van der Waals surface area (Å²) in [5.74, 6) is -1.99. The second-order valence-corrected chi connectivity index (χ2v) is 4.39. The van der Waals surface area contributed by atoms with Gasteiger partial charge in [-0.05, 0) is 25.1 Å². The van der Waals surface area contributed by atoms with Gasteiger partial charge in [0.05, 0.1) is 5.56 Å². The number of nitrogens with one attached hydrogen (secondary N) is 2. The predicted molar refractivity (Wildman–Crippen MR) is 74.7 cm³/mol. The number of pyridine rings is 1. The third-order valence-corrected chi connectivity index (χ3v) is 2.92. The molecule has 1 heterocycles. The van der Waals surface area contributed by atoms with Crippen molar-refractivity contribution in [2.75, 3.05) is 5.32 Å². The van der Waals surface area contributed by atoms with Crippen molar-refractivity contribution in [2.24, 2.45) is 5.73 Å². The lowest BCUT2D eigenvalue weighted by atomic mass is 10.1. The molecule has 0 spiro atoms. The van der Waals surface area contributed by atoms with Gasteiger partial charge in [0.2, 0.25) is 11.5 Å². The van der Waals surface area contributed by atoms with Gasteiger partial charge in [0.25, 0.3) is 5.91 Å². The Morgan fingerprint density at radius 3 is 2.52 bits per heavy atom. The Labute approximate surface area is 118 Å². The van der Waals surface area contributed by atoms with Gasteiger partial charge in [0.15, 0.2) is 0 Å². The molecule has 0 aliphatic carbocycles. The number of H-pyrrole nitrogens is 1. The van der Waals surface area contributed by atoms with E-state index in [9.17, 15) is 18.8 Å². The maximum absolute atomic E-state index is 13.7. The number of carbonyl (C=O) groups is 2. The second kappa shape index (κ2) is 5.58. The Hall–Kier alpha value is -2.96. The van der Waals surface area contributed by atoms with Crippen molar-refractivity contribution in [2.45, 2.75) is 6.92 Å². The molecule has 2 rings (SSSR count). The third kappa shape index (κ3) is 3.14. The van der Waals surface area contributed by atoms with Crippen molar-refractivity contribution in [3.05, 3.63) is 63.3 Å². The largest absolute Gasteiger partial charge is 0.366 e. The quantitative estimate of drug-likeness (QED) is 0.789. The fraction of sp³-hybridized carbons (Fsp3) is 0.0714. The van der Waals surface area contributed by atoms with Crippen LogP contribution in [0.15, 0.2) is 35.3 Å². The molecule has 6 nitrogen and oxygen atoms in total. The standard InChI is InChI=1S/C14H12FN3O3/c1-7-10(15)4-9(13(16)20)5-11(7)18-14(21)8-2-3-12(19)17-6-8/h2-6H,1H3,(H2,16,20)(H,17,19)(H,18,21). The van der Waals surface area contributed by atoms with Gasteiger partial charge in [-0.2, -0.15) is 0 Å². The summed E-state index contributed by atoms with van der Waals surface area (Å²) in [6.07, 6.45) is 1.24. The smallest absolute Gasteiger partial charge is 0.257 e. The molecule has 0 unspecified atom stereocenters. The van der Waals surface area contributed by atoms with Crippen LogP contribution in [0.4, 0.5) is 10.1 Å². The highest BCUT2D eigenvalue weighted by atomic mass is 19.1. The Kier molecular flexibility index (Phi) is 3.84. The molecule has 2 aromatic rings. The molecule has 1 aromatic carbocycles. The van der Waals surface area contributed by atoms with Crippen LogP contribution < -0.4 is 16.6 Å². The molecule has 4 N–H and O–H groups in total. The molecular weight excluding hydrogens is 277 g/mol. The molecule has 0 atom stereocenters. The number of benzene rings is 1. The van der Waals surface area contributed by atoms with Gasteiger partial charge in [-0.3, -0.25) is 14.4 Å². The fourth-order valence-corrected chi connectivity index (χ4v) is 1.70. The first kappa shape index (κ1) is 14.4. The number of halogens is 1. The van der Waals surface area contributed by atoms with Crippen molar-refractivity contribution < 1.29 is 14.0 Å². The molecule has 7 heteroatoms. The van der Waals surface area contributed by atoms with Crippen LogP contribution in [0.25, 0.3) is 0 Å². The highest BCUT2D eigenvalue weighted by molar-refractivity contribution is 6.05. The number of primary amides is 1. The number of carbonyl (C=O) groups excluding carboxylic acids is 2. The highest BCUT2D eigenvalue weighted by Crippen LogP contribution is 2.21. The van der Waals surface area contributed by atoms with Crippen LogP contribution in [0, 0.1) is 12.7 Å². The molecule has 0 aliphatic heterocycles. The summed E-state index contributed by atoms with van der Waals surface area (Å²) in [6.45, 7) is 1.46. The number of hydrogen-bond acceptors (Lipinski definition) is 3. The minimum absolute atomic E-state index is 0.0464. The van der Waals surface area contributed by atoms with E-state index in [1.165, 1.54) is 31.3 Å². The number of aromatic nitrogens is 1. The van der Waals surface area contributed by atoms with Crippen LogP contribution in [0.2, 0.25) is 0 Å². The molecule has 0 saturated carbocycles. The predicted octanol–water partition coefficient (Wildman–Crippen LogP) is 1.17. The first-order valence-electron chi connectivity index (χ1n) is 5.98. The van der Waals surface area contributed by atoms with Gasteiger partial charge in [0.1, 0.15) is 5.82 Å². The average Bonchev–Trinajstić information content (AvgIpc) is 2.44. The summed E-state index contributed by atoms with van der Waals surface area (Å²) < 4.78 is 13.7. The molecule has 21 heavy (non-hydrogen) atoms. The molecular formula is C14H12FN3O3. The lowest BCUT2D eigenvalue weighted by Crippen LogP contribution is -2.17. The molecule has 1 aromatic heterocycles. The lowest BCUT2D eigenvalue weighted by Gasteiger charge is -2.10. The SMILES string of the molecule is Cc1c(F)cc(C(N)=O)cc1NC(=O)c1ccc(=O)[nH]c1. The van der Waals surface area contributed by atoms with Gasteiger partial charge in [0, 0.05) is 29.1 Å². The maximum atomic E-state index is 13.7. The summed E-state index contributed by atoms with van der Waals surface area (Å²) in [5, 5.41) is 2.47. The zero-order valence-corrected chi connectivity index (χ0v) is 11.1. The lowest BCUT2D eigenvalue weighted by molar-refractivity contribution is 0.0995. The van der Waals surface area contributed by atoms with Crippen LogP contribution in [-0.4, -0.2) is 16.8 Å². The zero-order chi connectivity index (χ0) is 15.6. The molecule has 0 aliphatic rings. The Morgan fingerprint density at radius 2 is 1.95 bits per heavy atom. The number of nitrogens with two attached hydrogens (primary N) is 1. The average molecular weight is 289 g/mol. The van der Waals surface area contributed by atoms with E-state index >= 15 is 0 Å². The fourth-order valence-electron chi connectivity index (χ4n) is 1.70. The maximum Gasteiger partial charge on any atom is 0.257 e. The topological polar surface area (TPSA) is 105 Å². The Balaban J connectivity index is 2.34. The normalized spacial score (nSPS) is 10.2. The minimum atomic E-state index is -0.798. The van der Waals surface area contributed by atoms with Crippen molar-refractivity contribution in [1.82, 2.24) is 4.98 Å². The number of amides is 2. The summed E-state index contributed by atoms with van der Waals surface area (Å²) in [6, 6.07) is 4.83. The zero-order valence-electron chi connectivity index (χ0n) is 11.1. The van der Waals surface area contributed by atoms with E-state index in [4.69, 9.17) is 5.73 Å². The van der Waals surface area contributed by atoms with Crippen molar-refractivity contribution >= 4 is 17.5 Å². The molecule has 0 saturated heterocycles. The van der Waals surface area contributed by atoms with Crippen LogP contribution in [0.5, 0.6) is 0 Å². The van der Waals surface area contributed by atoms with E-state index in [1.807, 2.05) is 0 Å². The Bertz CT molecular complexity index is 763. The summed E-state index contributed by atoms with van der Waals surface area (Å²) in [7, 11) is 0. The number of hydrogen-bond donors (Lipinski definition) is 3. The second-order valence-electron chi connectivity index (χ2n) is 4.39. The van der Waals surface area contributed by atoms with Crippen molar-refractivity contribution in [3.8, 4) is 0 Å². The first-order chi connectivity index (χ1) is 9.88. The van der Waals surface area contributed by atoms with Crippen LogP contribution in [0.1, 0.15) is 26.3 Å². The molecule has 0 radical (unpaired) electrons. The van der Waals surface area contributed by atoms with Crippen LogP contribution in [0.3, 0.4) is 0 Å². The molecule has 2 amide bonds. The van der Waals surface area contributed by atoms with Crippen LogP contribution >= 0.6 is 0 Å². The van der Waals surface area contributed by atoms with Gasteiger partial charge in [-0.25, -0.2) is 4.39 Å². The Morgan fingerprint density at radius 1 is 1.24 bits per heavy atom. The van der Waals surface area contributed by atoms with Crippen molar-refractivity contribution in [1.29, 1.82) is 0 Å². The van der Waals surface area contributed by atoms with Gasteiger partial charge in [-0.15, -0.1) is 0 Å². The van der Waals surface area contributed by atoms with E-state index in [2.05, 4.69) is 10.3 Å². The van der Waals surface area contributed by atoms with E-state index in [0.717, 1.165) is 6.07 Å². The third-order valence-electron chi connectivity index (χ3n) is 2.92. The van der Waals surface area contributed by atoms with Crippen molar-refractivity contribution in [3.63, 3.8) is 0 Å². The van der Waals surface area contributed by atoms with Gasteiger partial charge < -0.3 is 16.0 Å². The first-order valence-corrected chi connectivity index (χ1v) is 5.98. The van der Waals surface area contributed by atoms with E-state index < -0.39 is 17.6 Å². The molecule has 0 bridgehead atoms. The summed E-state index contributed by atoms with van der Waals surface area (Å²) in [5.41, 5.74) is 5.22. The number of anilines is 1. The van der Waals surface area contributed by atoms with E-state index in [1.54, 1.807) is 0 Å². The summed E-state index contributed by atoms with van der Waals surface area (Å²) in [4.78, 5) is 36.4. The summed E-state index contributed by atoms with van der Waals surface area (Å²) >= 11 is 0. The van der Waals surface area contributed by atoms with Crippen LogP contribution in [-0.2, 0) is 0 Å².